The first-order valence-corrected chi connectivity index (χ1v) is 9.07. The number of carbonyl (C=O) groups excluding carboxylic acids is 1. The van der Waals surface area contributed by atoms with E-state index in [-0.39, 0.29) is 12.6 Å². The highest BCUT2D eigenvalue weighted by molar-refractivity contribution is 5.89. The van der Waals surface area contributed by atoms with Crippen molar-refractivity contribution in [2.24, 2.45) is 0 Å². The number of benzene rings is 2. The number of alkyl halides is 3. The van der Waals surface area contributed by atoms with E-state index in [1.54, 1.807) is 13.0 Å². The Labute approximate surface area is 161 Å². The van der Waals surface area contributed by atoms with Crippen molar-refractivity contribution in [2.75, 3.05) is 23.0 Å². The Hall–Kier alpha value is -2.90. The number of ether oxygens (including phenoxy) is 1. The Bertz CT molecular complexity index is 851. The van der Waals surface area contributed by atoms with Crippen LogP contribution in [0.4, 0.5) is 35.0 Å². The number of nitrogens with one attached hydrogen (secondary N) is 2. The van der Waals surface area contributed by atoms with Crippen LogP contribution >= 0.6 is 0 Å². The molecule has 5 nitrogen and oxygen atoms in total. The number of nitrogen functional groups attached to an aromatic ring is 1. The van der Waals surface area contributed by atoms with E-state index in [2.05, 4.69) is 10.6 Å². The molecule has 2 aromatic rings. The standard InChI is InChI=1S/C20H22F3N3O2/c1-2-28-19(27)26-18-10-12-4-3-5-17(15(12)11-16(18)24)25-14-8-6-13(7-9-14)20(21,22)23/h6-11,17,25H,2-5,24H2,1H3,(H,26,27). The number of fused-ring (bicyclic) bond motifs is 1. The highest BCUT2D eigenvalue weighted by atomic mass is 19.4. The summed E-state index contributed by atoms with van der Waals surface area (Å²) in [6.45, 7) is 1.98. The van der Waals surface area contributed by atoms with Crippen LogP contribution in [0.25, 0.3) is 0 Å². The van der Waals surface area contributed by atoms with Crippen molar-refractivity contribution in [2.45, 2.75) is 38.4 Å². The second-order valence-corrected chi connectivity index (χ2v) is 6.65. The lowest BCUT2D eigenvalue weighted by Gasteiger charge is -2.28. The minimum Gasteiger partial charge on any atom is -0.450 e. The molecule has 0 heterocycles. The van der Waals surface area contributed by atoms with Gasteiger partial charge in [-0.25, -0.2) is 4.79 Å². The highest BCUT2D eigenvalue weighted by Gasteiger charge is 2.30. The first-order valence-electron chi connectivity index (χ1n) is 9.07. The number of halogens is 3. The molecule has 0 fully saturated rings. The fraction of sp³-hybridized carbons (Fsp3) is 0.350. The highest BCUT2D eigenvalue weighted by Crippen LogP contribution is 2.37. The van der Waals surface area contributed by atoms with E-state index in [9.17, 15) is 18.0 Å². The predicted molar refractivity (Wildman–Crippen MR) is 102 cm³/mol. The maximum atomic E-state index is 12.7. The number of hydrogen-bond acceptors (Lipinski definition) is 4. The first-order chi connectivity index (χ1) is 13.3. The van der Waals surface area contributed by atoms with Gasteiger partial charge in [0.15, 0.2) is 0 Å². The third-order valence-corrected chi connectivity index (χ3v) is 4.69. The molecule has 8 heteroatoms. The molecule has 0 aliphatic heterocycles. The molecule has 2 aromatic carbocycles. The SMILES string of the molecule is CCOC(=O)Nc1cc2c(cc1N)C(Nc1ccc(C(F)(F)F)cc1)CCC2. The predicted octanol–water partition coefficient (Wildman–Crippen LogP) is 5.35. The van der Waals surface area contributed by atoms with Crippen LogP contribution in [-0.4, -0.2) is 12.7 Å². The molecular formula is C20H22F3N3O2. The number of rotatable bonds is 4. The van der Waals surface area contributed by atoms with Gasteiger partial charge in [-0.15, -0.1) is 0 Å². The third-order valence-electron chi connectivity index (χ3n) is 4.69. The van der Waals surface area contributed by atoms with Crippen LogP contribution in [0.3, 0.4) is 0 Å². The Kier molecular flexibility index (Phi) is 5.67. The van der Waals surface area contributed by atoms with Gasteiger partial charge >= 0.3 is 12.3 Å². The number of carbonyl (C=O) groups is 1. The quantitative estimate of drug-likeness (QED) is 0.613. The molecule has 1 amide bonds. The monoisotopic (exact) mass is 393 g/mol. The summed E-state index contributed by atoms with van der Waals surface area (Å²) in [6.07, 6.45) is -2.35. The smallest absolute Gasteiger partial charge is 0.416 e. The van der Waals surface area contributed by atoms with Crippen molar-refractivity contribution in [3.8, 4) is 0 Å². The average Bonchev–Trinajstić information content (AvgIpc) is 2.63. The molecule has 3 rings (SSSR count). The van der Waals surface area contributed by atoms with Crippen LogP contribution in [0, 0.1) is 0 Å². The molecule has 0 radical (unpaired) electrons. The number of nitrogens with two attached hydrogens (primary N) is 1. The van der Waals surface area contributed by atoms with Crippen LogP contribution in [0.15, 0.2) is 36.4 Å². The van der Waals surface area contributed by atoms with Crippen LogP contribution in [0.1, 0.15) is 42.5 Å². The molecule has 0 saturated heterocycles. The van der Waals surface area contributed by atoms with Gasteiger partial charge < -0.3 is 15.8 Å². The van der Waals surface area contributed by atoms with Gasteiger partial charge in [0.05, 0.1) is 29.6 Å². The van der Waals surface area contributed by atoms with Gasteiger partial charge in [-0.1, -0.05) is 0 Å². The number of amides is 1. The van der Waals surface area contributed by atoms with Gasteiger partial charge in [0.2, 0.25) is 0 Å². The van der Waals surface area contributed by atoms with Crippen LogP contribution in [-0.2, 0) is 17.3 Å². The number of hydrogen-bond donors (Lipinski definition) is 3. The lowest BCUT2D eigenvalue weighted by Crippen LogP contribution is -2.20. The molecule has 4 N–H and O–H groups in total. The molecule has 28 heavy (non-hydrogen) atoms. The maximum absolute atomic E-state index is 12.7. The lowest BCUT2D eigenvalue weighted by atomic mass is 9.86. The summed E-state index contributed by atoms with van der Waals surface area (Å²) < 4.78 is 43.1. The first kappa shape index (κ1) is 19.9. The van der Waals surface area contributed by atoms with Crippen molar-refractivity contribution in [3.05, 3.63) is 53.1 Å². The van der Waals surface area contributed by atoms with Crippen LogP contribution in [0.2, 0.25) is 0 Å². The maximum Gasteiger partial charge on any atom is 0.416 e. The summed E-state index contributed by atoms with van der Waals surface area (Å²) in [4.78, 5) is 11.7. The van der Waals surface area contributed by atoms with Crippen molar-refractivity contribution in [1.82, 2.24) is 0 Å². The van der Waals surface area contributed by atoms with Gasteiger partial charge in [-0.3, -0.25) is 5.32 Å². The summed E-state index contributed by atoms with van der Waals surface area (Å²) in [5.74, 6) is 0. The van der Waals surface area contributed by atoms with Crippen LogP contribution < -0.4 is 16.4 Å². The molecule has 0 saturated carbocycles. The summed E-state index contributed by atoms with van der Waals surface area (Å²) in [5, 5.41) is 5.92. The summed E-state index contributed by atoms with van der Waals surface area (Å²) >= 11 is 0. The fourth-order valence-electron chi connectivity index (χ4n) is 3.36. The minimum absolute atomic E-state index is 0.0700. The van der Waals surface area contributed by atoms with Crippen molar-refractivity contribution >= 4 is 23.2 Å². The number of aryl methyl sites for hydroxylation is 1. The van der Waals surface area contributed by atoms with E-state index in [0.29, 0.717) is 17.1 Å². The van der Waals surface area contributed by atoms with E-state index in [0.717, 1.165) is 42.5 Å². The topological polar surface area (TPSA) is 76.4 Å². The van der Waals surface area contributed by atoms with Crippen molar-refractivity contribution in [1.29, 1.82) is 0 Å². The van der Waals surface area contributed by atoms with Gasteiger partial charge in [0.25, 0.3) is 0 Å². The zero-order valence-corrected chi connectivity index (χ0v) is 15.4. The second-order valence-electron chi connectivity index (χ2n) is 6.65. The Balaban J connectivity index is 1.79. The van der Waals surface area contributed by atoms with E-state index >= 15 is 0 Å². The summed E-state index contributed by atoms with van der Waals surface area (Å²) in [6, 6.07) is 8.55. The molecule has 0 bridgehead atoms. The van der Waals surface area contributed by atoms with E-state index in [1.807, 2.05) is 6.07 Å². The normalized spacial score (nSPS) is 16.2. The third kappa shape index (κ3) is 4.49. The van der Waals surface area contributed by atoms with Crippen molar-refractivity contribution in [3.63, 3.8) is 0 Å². The van der Waals surface area contributed by atoms with Gasteiger partial charge in [0.1, 0.15) is 0 Å². The van der Waals surface area contributed by atoms with Gasteiger partial charge in [0, 0.05) is 5.69 Å². The largest absolute Gasteiger partial charge is 0.450 e. The van der Waals surface area contributed by atoms with E-state index in [1.165, 1.54) is 12.1 Å². The second kappa shape index (κ2) is 8.00. The molecule has 1 aliphatic rings. The van der Waals surface area contributed by atoms with Gasteiger partial charge in [-0.2, -0.15) is 13.2 Å². The molecule has 1 atom stereocenters. The summed E-state index contributed by atoms with van der Waals surface area (Å²) in [7, 11) is 0. The Morgan fingerprint density at radius 3 is 2.61 bits per heavy atom. The fourth-order valence-corrected chi connectivity index (χ4v) is 3.36. The molecule has 150 valence electrons. The molecule has 1 unspecified atom stereocenters. The zero-order valence-electron chi connectivity index (χ0n) is 15.4. The molecule has 0 spiro atoms. The Morgan fingerprint density at radius 2 is 1.96 bits per heavy atom. The molecule has 1 aliphatic carbocycles. The van der Waals surface area contributed by atoms with E-state index in [4.69, 9.17) is 10.5 Å². The minimum atomic E-state index is -4.35. The molecular weight excluding hydrogens is 371 g/mol. The zero-order chi connectivity index (χ0) is 20.3. The van der Waals surface area contributed by atoms with Crippen LogP contribution in [0.5, 0.6) is 0 Å². The summed E-state index contributed by atoms with van der Waals surface area (Å²) in [5.41, 5.74) is 8.95. The van der Waals surface area contributed by atoms with E-state index < -0.39 is 17.8 Å². The van der Waals surface area contributed by atoms with Gasteiger partial charge in [-0.05, 0) is 73.7 Å². The lowest BCUT2D eigenvalue weighted by molar-refractivity contribution is -0.137. The molecule has 0 aromatic heterocycles. The van der Waals surface area contributed by atoms with Crippen molar-refractivity contribution < 1.29 is 22.7 Å². The Morgan fingerprint density at radius 1 is 1.25 bits per heavy atom. The average molecular weight is 393 g/mol. The number of anilines is 3.